The molecular formula is C11H11ClN2O3. The number of aldehydes is 1. The quantitative estimate of drug-likeness (QED) is 0.470. The van der Waals surface area contributed by atoms with Gasteiger partial charge in [-0.05, 0) is 24.8 Å². The normalized spacial score (nSPS) is 22.2. The van der Waals surface area contributed by atoms with E-state index in [9.17, 15) is 14.9 Å². The Balaban J connectivity index is 2.29. The van der Waals surface area contributed by atoms with Crippen molar-refractivity contribution < 1.29 is 9.72 Å². The monoisotopic (exact) mass is 254 g/mol. The van der Waals surface area contributed by atoms with Gasteiger partial charge in [-0.25, -0.2) is 0 Å². The maximum absolute atomic E-state index is 10.7. The molecule has 6 heteroatoms. The average Bonchev–Trinajstić information content (AvgIpc) is 3.01. The van der Waals surface area contributed by atoms with Crippen LogP contribution in [0.15, 0.2) is 6.20 Å². The number of carbonyl (C=O) groups excluding carboxylic acids is 1. The van der Waals surface area contributed by atoms with E-state index < -0.39 is 4.92 Å². The molecule has 90 valence electrons. The summed E-state index contributed by atoms with van der Waals surface area (Å²) in [6, 6.07) is 0. The van der Waals surface area contributed by atoms with E-state index in [1.165, 1.54) is 6.20 Å². The third-order valence-electron chi connectivity index (χ3n) is 3.13. The summed E-state index contributed by atoms with van der Waals surface area (Å²) in [6.45, 7) is 1.73. The molecule has 2 atom stereocenters. The highest BCUT2D eigenvalue weighted by molar-refractivity contribution is 6.33. The predicted octanol–water partition coefficient (Wildman–Crippen LogP) is 2.64. The van der Waals surface area contributed by atoms with Gasteiger partial charge in [-0.2, -0.15) is 0 Å². The van der Waals surface area contributed by atoms with Gasteiger partial charge in [-0.3, -0.25) is 15.1 Å². The SMILES string of the molecule is Cc1c(C2CC2CC=O)ncc([N+](=O)[O-])c1Cl. The summed E-state index contributed by atoms with van der Waals surface area (Å²) in [4.78, 5) is 24.6. The van der Waals surface area contributed by atoms with Crippen LogP contribution in [0, 0.1) is 23.0 Å². The molecule has 1 fully saturated rings. The number of nitrogens with zero attached hydrogens (tertiary/aromatic N) is 2. The number of aromatic nitrogens is 1. The van der Waals surface area contributed by atoms with Crippen molar-refractivity contribution in [2.24, 2.45) is 5.92 Å². The lowest BCUT2D eigenvalue weighted by Crippen LogP contribution is -1.99. The van der Waals surface area contributed by atoms with E-state index in [0.29, 0.717) is 17.9 Å². The molecule has 1 aromatic heterocycles. The van der Waals surface area contributed by atoms with Crippen LogP contribution in [0.5, 0.6) is 0 Å². The molecule has 0 radical (unpaired) electrons. The minimum atomic E-state index is -0.540. The molecule has 1 aromatic rings. The lowest BCUT2D eigenvalue weighted by molar-refractivity contribution is -0.385. The molecular weight excluding hydrogens is 244 g/mol. The summed E-state index contributed by atoms with van der Waals surface area (Å²) < 4.78 is 0. The van der Waals surface area contributed by atoms with Crippen molar-refractivity contribution >= 4 is 23.6 Å². The first kappa shape index (κ1) is 12.0. The van der Waals surface area contributed by atoms with Crippen molar-refractivity contribution in [2.45, 2.75) is 25.7 Å². The summed E-state index contributed by atoms with van der Waals surface area (Å²) in [5.41, 5.74) is 1.27. The van der Waals surface area contributed by atoms with Crippen LogP contribution in [-0.2, 0) is 4.79 Å². The molecule has 2 unspecified atom stereocenters. The fourth-order valence-corrected chi connectivity index (χ4v) is 2.27. The van der Waals surface area contributed by atoms with E-state index in [0.717, 1.165) is 18.4 Å². The molecule has 5 nitrogen and oxygen atoms in total. The Hall–Kier alpha value is -1.49. The summed E-state index contributed by atoms with van der Waals surface area (Å²) >= 11 is 5.94. The summed E-state index contributed by atoms with van der Waals surface area (Å²) in [7, 11) is 0. The minimum Gasteiger partial charge on any atom is -0.303 e. The second-order valence-electron chi connectivity index (χ2n) is 4.23. The Morgan fingerprint density at radius 1 is 1.71 bits per heavy atom. The third-order valence-corrected chi connectivity index (χ3v) is 3.61. The van der Waals surface area contributed by atoms with Crippen LogP contribution in [0.3, 0.4) is 0 Å². The van der Waals surface area contributed by atoms with Crippen molar-refractivity contribution in [1.82, 2.24) is 4.98 Å². The van der Waals surface area contributed by atoms with E-state index in [1.807, 2.05) is 0 Å². The first-order chi connectivity index (χ1) is 8.06. The molecule has 0 aromatic carbocycles. The van der Waals surface area contributed by atoms with Gasteiger partial charge in [0.05, 0.1) is 4.92 Å². The lowest BCUT2D eigenvalue weighted by atomic mass is 10.1. The highest BCUT2D eigenvalue weighted by atomic mass is 35.5. The number of carbonyl (C=O) groups is 1. The van der Waals surface area contributed by atoms with Crippen molar-refractivity contribution in [3.8, 4) is 0 Å². The molecule has 1 aliphatic carbocycles. The predicted molar refractivity (Wildman–Crippen MR) is 62.2 cm³/mol. The molecule has 2 rings (SSSR count). The van der Waals surface area contributed by atoms with Gasteiger partial charge < -0.3 is 4.79 Å². The van der Waals surface area contributed by atoms with Gasteiger partial charge in [0.25, 0.3) is 0 Å². The van der Waals surface area contributed by atoms with E-state index in [1.54, 1.807) is 6.92 Å². The highest BCUT2D eigenvalue weighted by Crippen LogP contribution is 2.50. The zero-order valence-corrected chi connectivity index (χ0v) is 9.98. The Kier molecular flexibility index (Phi) is 3.11. The zero-order chi connectivity index (χ0) is 12.6. The first-order valence-corrected chi connectivity index (χ1v) is 5.67. The van der Waals surface area contributed by atoms with Gasteiger partial charge in [-0.15, -0.1) is 0 Å². The summed E-state index contributed by atoms with van der Waals surface area (Å²) in [5.74, 6) is 0.537. The number of rotatable bonds is 4. The van der Waals surface area contributed by atoms with E-state index in [2.05, 4.69) is 4.98 Å². The fraction of sp³-hybridized carbons (Fsp3) is 0.455. The smallest absolute Gasteiger partial charge is 0.303 e. The molecule has 0 N–H and O–H groups in total. The van der Waals surface area contributed by atoms with Gasteiger partial charge in [0.2, 0.25) is 0 Å². The molecule has 0 saturated heterocycles. The van der Waals surface area contributed by atoms with E-state index >= 15 is 0 Å². The zero-order valence-electron chi connectivity index (χ0n) is 9.22. The van der Waals surface area contributed by atoms with Gasteiger partial charge in [0.1, 0.15) is 17.5 Å². The second-order valence-corrected chi connectivity index (χ2v) is 4.61. The Morgan fingerprint density at radius 2 is 2.41 bits per heavy atom. The van der Waals surface area contributed by atoms with Crippen molar-refractivity contribution in [1.29, 1.82) is 0 Å². The second kappa shape index (κ2) is 4.41. The molecule has 17 heavy (non-hydrogen) atoms. The molecule has 0 amide bonds. The Labute approximate surface area is 103 Å². The maximum Gasteiger partial charge on any atom is 0.306 e. The van der Waals surface area contributed by atoms with Crippen LogP contribution in [0.1, 0.15) is 30.0 Å². The van der Waals surface area contributed by atoms with Crippen LogP contribution in [0.25, 0.3) is 0 Å². The number of pyridine rings is 1. The van der Waals surface area contributed by atoms with Gasteiger partial charge >= 0.3 is 5.69 Å². The van der Waals surface area contributed by atoms with Gasteiger partial charge in [-0.1, -0.05) is 11.6 Å². The maximum atomic E-state index is 10.7. The average molecular weight is 255 g/mol. The lowest BCUT2D eigenvalue weighted by Gasteiger charge is -2.05. The van der Waals surface area contributed by atoms with Crippen LogP contribution >= 0.6 is 11.6 Å². The van der Waals surface area contributed by atoms with Crippen molar-refractivity contribution in [3.63, 3.8) is 0 Å². The number of hydrogen-bond donors (Lipinski definition) is 0. The summed E-state index contributed by atoms with van der Waals surface area (Å²) in [5, 5.41) is 10.8. The molecule has 0 aliphatic heterocycles. The van der Waals surface area contributed by atoms with Gasteiger partial charge in [0.15, 0.2) is 0 Å². The van der Waals surface area contributed by atoms with Crippen molar-refractivity contribution in [3.05, 3.63) is 32.6 Å². The minimum absolute atomic E-state index is 0.150. The largest absolute Gasteiger partial charge is 0.306 e. The number of nitro groups is 1. The van der Waals surface area contributed by atoms with Crippen LogP contribution in [0.4, 0.5) is 5.69 Å². The van der Waals surface area contributed by atoms with E-state index in [4.69, 9.17) is 11.6 Å². The molecule has 1 aliphatic rings. The highest BCUT2D eigenvalue weighted by Gasteiger charge is 2.40. The van der Waals surface area contributed by atoms with Crippen molar-refractivity contribution in [2.75, 3.05) is 0 Å². The number of hydrogen-bond acceptors (Lipinski definition) is 4. The topological polar surface area (TPSA) is 73.1 Å². The Morgan fingerprint density at radius 3 is 3.00 bits per heavy atom. The van der Waals surface area contributed by atoms with Gasteiger partial charge in [0, 0.05) is 18.0 Å². The fourth-order valence-electron chi connectivity index (χ4n) is 2.06. The molecule has 1 saturated carbocycles. The van der Waals surface area contributed by atoms with Crippen LogP contribution < -0.4 is 0 Å². The van der Waals surface area contributed by atoms with Crippen LogP contribution in [-0.4, -0.2) is 16.2 Å². The number of halogens is 1. The Bertz CT molecular complexity index is 490. The van der Waals surface area contributed by atoms with E-state index in [-0.39, 0.29) is 16.6 Å². The first-order valence-electron chi connectivity index (χ1n) is 5.29. The standard InChI is InChI=1S/C11H11ClN2O3/c1-6-10(12)9(14(16)17)5-13-11(6)8-4-7(8)2-3-15/h3,5,7-8H,2,4H2,1H3. The summed E-state index contributed by atoms with van der Waals surface area (Å²) in [6.07, 6.45) is 3.51. The third kappa shape index (κ3) is 2.15. The molecule has 1 heterocycles. The molecule has 0 bridgehead atoms. The molecule has 0 spiro atoms. The van der Waals surface area contributed by atoms with Crippen LogP contribution in [0.2, 0.25) is 5.02 Å².